The maximum atomic E-state index is 12.7. The number of carbonyl (C=O) groups excluding carboxylic acids is 1. The summed E-state index contributed by atoms with van der Waals surface area (Å²) in [5.41, 5.74) is -0.716. The zero-order chi connectivity index (χ0) is 22.1. The summed E-state index contributed by atoms with van der Waals surface area (Å²) in [6.07, 6.45) is -2.72. The van der Waals surface area contributed by atoms with Crippen molar-refractivity contribution in [2.45, 2.75) is 25.9 Å². The number of hydrogen-bond donors (Lipinski definition) is 1. The van der Waals surface area contributed by atoms with Gasteiger partial charge in [0, 0.05) is 24.7 Å². The zero-order valence-electron chi connectivity index (χ0n) is 16.0. The lowest BCUT2D eigenvalue weighted by Gasteiger charge is -2.31. The van der Waals surface area contributed by atoms with Gasteiger partial charge in [-0.2, -0.15) is 13.2 Å². The first-order valence-corrected chi connectivity index (χ1v) is 9.65. The molecule has 1 aliphatic heterocycles. The highest BCUT2D eigenvalue weighted by Crippen LogP contribution is 2.35. The Kier molecular flexibility index (Phi) is 6.21. The van der Waals surface area contributed by atoms with Gasteiger partial charge in [0.05, 0.1) is 21.2 Å². The number of rotatable bonds is 4. The molecule has 1 aliphatic rings. The second-order valence-electron chi connectivity index (χ2n) is 7.28. The van der Waals surface area contributed by atoms with Gasteiger partial charge in [0.2, 0.25) is 0 Å². The molecular formula is C20H19ClF3N3O3. The van der Waals surface area contributed by atoms with Crippen LogP contribution < -0.4 is 10.2 Å². The predicted molar refractivity (Wildman–Crippen MR) is 108 cm³/mol. The SMILES string of the molecule is CC1CCN(c2ccc(C(=O)Nc3ccc(C(F)(F)F)cc3Cl)cc2[N+](=O)[O-])CC1. The van der Waals surface area contributed by atoms with Crippen molar-refractivity contribution >= 4 is 34.6 Å². The molecule has 2 aromatic rings. The van der Waals surface area contributed by atoms with Crippen LogP contribution in [-0.4, -0.2) is 23.9 Å². The number of hydrogen-bond acceptors (Lipinski definition) is 4. The summed E-state index contributed by atoms with van der Waals surface area (Å²) in [5, 5.41) is 13.7. The van der Waals surface area contributed by atoms with Gasteiger partial charge in [-0.1, -0.05) is 18.5 Å². The minimum absolute atomic E-state index is 0.00629. The molecule has 160 valence electrons. The van der Waals surface area contributed by atoms with Gasteiger partial charge in [0.1, 0.15) is 5.69 Å². The van der Waals surface area contributed by atoms with E-state index in [1.807, 2.05) is 4.90 Å². The number of benzene rings is 2. The average Bonchev–Trinajstić information content (AvgIpc) is 2.68. The van der Waals surface area contributed by atoms with Crippen LogP contribution in [0.4, 0.5) is 30.2 Å². The first-order chi connectivity index (χ1) is 14.1. The lowest BCUT2D eigenvalue weighted by molar-refractivity contribution is -0.384. The number of anilines is 2. The highest BCUT2D eigenvalue weighted by molar-refractivity contribution is 6.34. The van der Waals surface area contributed by atoms with Crippen LogP contribution in [0.2, 0.25) is 5.02 Å². The molecule has 1 amide bonds. The van der Waals surface area contributed by atoms with Gasteiger partial charge < -0.3 is 10.2 Å². The molecule has 0 spiro atoms. The molecule has 0 bridgehead atoms. The summed E-state index contributed by atoms with van der Waals surface area (Å²) in [4.78, 5) is 25.5. The van der Waals surface area contributed by atoms with Gasteiger partial charge in [0.15, 0.2) is 0 Å². The molecule has 1 fully saturated rings. The van der Waals surface area contributed by atoms with Crippen molar-refractivity contribution < 1.29 is 22.9 Å². The van der Waals surface area contributed by atoms with E-state index in [-0.39, 0.29) is 22.0 Å². The van der Waals surface area contributed by atoms with Crippen molar-refractivity contribution in [3.05, 3.63) is 62.7 Å². The minimum Gasteiger partial charge on any atom is -0.366 e. The van der Waals surface area contributed by atoms with Crippen molar-refractivity contribution in [3.8, 4) is 0 Å². The number of nitrogens with one attached hydrogen (secondary N) is 1. The number of piperidine rings is 1. The molecular weight excluding hydrogens is 423 g/mol. The fourth-order valence-electron chi connectivity index (χ4n) is 3.32. The third-order valence-electron chi connectivity index (χ3n) is 5.10. The first kappa shape index (κ1) is 21.9. The fraction of sp³-hybridized carbons (Fsp3) is 0.350. The van der Waals surface area contributed by atoms with Crippen molar-refractivity contribution in [2.24, 2.45) is 5.92 Å². The molecule has 3 rings (SSSR count). The van der Waals surface area contributed by atoms with Crippen LogP contribution in [0.5, 0.6) is 0 Å². The van der Waals surface area contributed by atoms with Crippen molar-refractivity contribution in [1.29, 1.82) is 0 Å². The molecule has 30 heavy (non-hydrogen) atoms. The van der Waals surface area contributed by atoms with E-state index in [1.165, 1.54) is 18.2 Å². The van der Waals surface area contributed by atoms with Gasteiger partial charge in [-0.05, 0) is 49.1 Å². The van der Waals surface area contributed by atoms with Gasteiger partial charge in [-0.15, -0.1) is 0 Å². The smallest absolute Gasteiger partial charge is 0.366 e. The molecule has 0 atom stereocenters. The van der Waals surface area contributed by atoms with Crippen LogP contribution in [0.1, 0.15) is 35.7 Å². The lowest BCUT2D eigenvalue weighted by atomic mass is 9.98. The zero-order valence-corrected chi connectivity index (χ0v) is 16.8. The Bertz CT molecular complexity index is 973. The fourth-order valence-corrected chi connectivity index (χ4v) is 3.54. The van der Waals surface area contributed by atoms with Crippen LogP contribution in [0.15, 0.2) is 36.4 Å². The Labute approximate surface area is 175 Å². The second-order valence-corrected chi connectivity index (χ2v) is 7.68. The van der Waals surface area contributed by atoms with Crippen LogP contribution in [0, 0.1) is 16.0 Å². The van der Waals surface area contributed by atoms with Crippen LogP contribution in [0.3, 0.4) is 0 Å². The quantitative estimate of drug-likeness (QED) is 0.483. The van der Waals surface area contributed by atoms with E-state index in [2.05, 4.69) is 12.2 Å². The molecule has 0 saturated carbocycles. The van der Waals surface area contributed by atoms with Gasteiger partial charge >= 0.3 is 6.18 Å². The molecule has 6 nitrogen and oxygen atoms in total. The molecule has 1 heterocycles. The highest BCUT2D eigenvalue weighted by atomic mass is 35.5. The topological polar surface area (TPSA) is 75.5 Å². The van der Waals surface area contributed by atoms with Gasteiger partial charge in [-0.25, -0.2) is 0 Å². The van der Waals surface area contributed by atoms with E-state index in [0.717, 1.165) is 25.0 Å². The Morgan fingerprint density at radius 1 is 1.20 bits per heavy atom. The Hall–Kier alpha value is -2.81. The lowest BCUT2D eigenvalue weighted by Crippen LogP contribution is -2.33. The molecule has 2 aromatic carbocycles. The number of carbonyl (C=O) groups is 1. The maximum absolute atomic E-state index is 12.7. The summed E-state index contributed by atoms with van der Waals surface area (Å²) in [6, 6.07) is 6.69. The molecule has 10 heteroatoms. The van der Waals surface area contributed by atoms with Crippen LogP contribution in [-0.2, 0) is 6.18 Å². The normalized spacial score (nSPS) is 15.2. The monoisotopic (exact) mass is 441 g/mol. The highest BCUT2D eigenvalue weighted by Gasteiger charge is 2.31. The number of alkyl halides is 3. The summed E-state index contributed by atoms with van der Waals surface area (Å²) < 4.78 is 38.2. The summed E-state index contributed by atoms with van der Waals surface area (Å²) in [6.45, 7) is 3.51. The largest absolute Gasteiger partial charge is 0.416 e. The van der Waals surface area contributed by atoms with E-state index in [0.29, 0.717) is 30.8 Å². The molecule has 0 aliphatic carbocycles. The standard InChI is InChI=1S/C20H19ClF3N3O3/c1-12-6-8-26(9-7-12)17-5-2-13(10-18(17)27(29)30)19(28)25-16-4-3-14(11-15(16)21)20(22,23)24/h2-5,10-12H,6-9H2,1H3,(H,25,28). The number of halogens is 4. The molecule has 1 N–H and O–H groups in total. The molecule has 0 aromatic heterocycles. The number of amides is 1. The Morgan fingerprint density at radius 3 is 2.43 bits per heavy atom. The number of nitro groups is 1. The average molecular weight is 442 g/mol. The summed E-state index contributed by atoms with van der Waals surface area (Å²) in [5.74, 6) is -0.155. The predicted octanol–water partition coefficient (Wildman–Crippen LogP) is 5.76. The second kappa shape index (κ2) is 8.51. The first-order valence-electron chi connectivity index (χ1n) is 9.27. The number of nitrogens with zero attached hydrogens (tertiary/aromatic N) is 2. The summed E-state index contributed by atoms with van der Waals surface area (Å²) in [7, 11) is 0. The number of nitro benzene ring substituents is 1. The third kappa shape index (κ3) is 4.84. The Morgan fingerprint density at radius 2 is 1.87 bits per heavy atom. The van der Waals surface area contributed by atoms with Crippen LogP contribution in [0.25, 0.3) is 0 Å². The maximum Gasteiger partial charge on any atom is 0.416 e. The summed E-state index contributed by atoms with van der Waals surface area (Å²) >= 11 is 5.86. The van der Waals surface area contributed by atoms with E-state index < -0.39 is 22.6 Å². The van der Waals surface area contributed by atoms with E-state index in [4.69, 9.17) is 11.6 Å². The Balaban J connectivity index is 1.83. The molecule has 1 saturated heterocycles. The van der Waals surface area contributed by atoms with Crippen molar-refractivity contribution in [1.82, 2.24) is 0 Å². The molecule has 0 unspecified atom stereocenters. The van der Waals surface area contributed by atoms with Gasteiger partial charge in [0.25, 0.3) is 11.6 Å². The van der Waals surface area contributed by atoms with Crippen molar-refractivity contribution in [3.63, 3.8) is 0 Å². The van der Waals surface area contributed by atoms with Crippen LogP contribution >= 0.6 is 11.6 Å². The molecule has 0 radical (unpaired) electrons. The van der Waals surface area contributed by atoms with E-state index >= 15 is 0 Å². The van der Waals surface area contributed by atoms with Gasteiger partial charge in [-0.3, -0.25) is 14.9 Å². The van der Waals surface area contributed by atoms with Crippen molar-refractivity contribution in [2.75, 3.05) is 23.3 Å². The third-order valence-corrected chi connectivity index (χ3v) is 5.42. The minimum atomic E-state index is -4.56. The van der Waals surface area contributed by atoms with E-state index in [1.54, 1.807) is 0 Å². The van der Waals surface area contributed by atoms with E-state index in [9.17, 15) is 28.1 Å².